The Balaban J connectivity index is 1.59. The summed E-state index contributed by atoms with van der Waals surface area (Å²) in [6.07, 6.45) is 4.69. The first-order valence-electron chi connectivity index (χ1n) is 9.00. The SMILES string of the molecule is Cn1cc([C@@](C)(O)CN[C@@H]2CN(Cc3ccccc3)C(C)(C)C2)cn1. The summed E-state index contributed by atoms with van der Waals surface area (Å²) in [6.45, 7) is 8.93. The Morgan fingerprint density at radius 1 is 1.32 bits per heavy atom. The Morgan fingerprint density at radius 3 is 2.68 bits per heavy atom. The number of likely N-dealkylation sites (tertiary alicyclic amines) is 1. The van der Waals surface area contributed by atoms with Crippen molar-refractivity contribution < 1.29 is 5.11 Å². The molecule has 0 unspecified atom stereocenters. The standard InChI is InChI=1S/C20H30N4O/c1-19(2)10-18(14-24(19)12-16-8-6-5-7-9-16)21-15-20(3,25)17-11-22-23(4)13-17/h5-9,11,13,18,21,25H,10,12,14-15H2,1-4H3/t18-,20-/m0/s1. The van der Waals surface area contributed by atoms with Crippen LogP contribution in [0, 0.1) is 0 Å². The van der Waals surface area contributed by atoms with Gasteiger partial charge in [0.1, 0.15) is 5.60 Å². The molecule has 1 saturated heterocycles. The Labute approximate surface area is 150 Å². The number of rotatable bonds is 6. The van der Waals surface area contributed by atoms with Crippen LogP contribution in [-0.2, 0) is 19.2 Å². The number of hydrogen-bond donors (Lipinski definition) is 2. The van der Waals surface area contributed by atoms with Crippen molar-refractivity contribution in [2.24, 2.45) is 7.05 Å². The van der Waals surface area contributed by atoms with Crippen LogP contribution in [0.2, 0.25) is 0 Å². The van der Waals surface area contributed by atoms with Crippen molar-refractivity contribution in [2.45, 2.75) is 50.9 Å². The van der Waals surface area contributed by atoms with Gasteiger partial charge in [-0.15, -0.1) is 0 Å². The molecule has 1 fully saturated rings. The maximum Gasteiger partial charge on any atom is 0.102 e. The minimum atomic E-state index is -0.911. The molecular weight excluding hydrogens is 312 g/mol. The van der Waals surface area contributed by atoms with Crippen LogP contribution in [0.1, 0.15) is 38.3 Å². The molecule has 1 aromatic heterocycles. The summed E-state index contributed by atoms with van der Waals surface area (Å²) in [5.41, 5.74) is 1.43. The van der Waals surface area contributed by atoms with Crippen molar-refractivity contribution >= 4 is 0 Å². The molecule has 0 saturated carbocycles. The number of aliphatic hydroxyl groups is 1. The fourth-order valence-corrected chi connectivity index (χ4v) is 3.67. The van der Waals surface area contributed by atoms with Gasteiger partial charge in [0.15, 0.2) is 0 Å². The first-order chi connectivity index (χ1) is 11.8. The molecule has 1 aliphatic rings. The van der Waals surface area contributed by atoms with E-state index < -0.39 is 5.60 Å². The second-order valence-electron chi connectivity index (χ2n) is 8.14. The molecular formula is C20H30N4O. The van der Waals surface area contributed by atoms with Gasteiger partial charge >= 0.3 is 0 Å². The second kappa shape index (κ2) is 6.90. The van der Waals surface area contributed by atoms with Gasteiger partial charge in [-0.3, -0.25) is 9.58 Å². The van der Waals surface area contributed by atoms with E-state index >= 15 is 0 Å². The van der Waals surface area contributed by atoms with Crippen molar-refractivity contribution in [2.75, 3.05) is 13.1 Å². The van der Waals surface area contributed by atoms with Gasteiger partial charge in [-0.25, -0.2) is 0 Å². The molecule has 2 atom stereocenters. The Morgan fingerprint density at radius 2 is 2.04 bits per heavy atom. The summed E-state index contributed by atoms with van der Waals surface area (Å²) in [4.78, 5) is 2.53. The third-order valence-electron chi connectivity index (χ3n) is 5.32. The average Bonchev–Trinajstić information content (AvgIpc) is 3.11. The third-order valence-corrected chi connectivity index (χ3v) is 5.32. The number of aryl methyl sites for hydroxylation is 1. The van der Waals surface area contributed by atoms with Gasteiger partial charge in [0.2, 0.25) is 0 Å². The number of benzene rings is 1. The lowest BCUT2D eigenvalue weighted by Gasteiger charge is -2.31. The highest BCUT2D eigenvalue weighted by Gasteiger charge is 2.38. The lowest BCUT2D eigenvalue weighted by atomic mass is 9.97. The van der Waals surface area contributed by atoms with E-state index in [0.717, 1.165) is 25.1 Å². The normalized spacial score (nSPS) is 22.8. The van der Waals surface area contributed by atoms with Crippen LogP contribution < -0.4 is 5.32 Å². The Hall–Kier alpha value is -1.69. The third kappa shape index (κ3) is 4.29. The molecule has 0 bridgehead atoms. The van der Waals surface area contributed by atoms with E-state index in [0.29, 0.717) is 12.6 Å². The summed E-state index contributed by atoms with van der Waals surface area (Å²) in [5, 5.41) is 18.5. The number of nitrogens with zero attached hydrogens (tertiary/aromatic N) is 3. The van der Waals surface area contributed by atoms with Crippen molar-refractivity contribution in [1.82, 2.24) is 20.0 Å². The Bertz CT molecular complexity index is 693. The molecule has 136 valence electrons. The molecule has 2 N–H and O–H groups in total. The zero-order valence-electron chi connectivity index (χ0n) is 15.7. The van der Waals surface area contributed by atoms with E-state index in [1.807, 2.05) is 20.2 Å². The quantitative estimate of drug-likeness (QED) is 0.846. The van der Waals surface area contributed by atoms with Gasteiger partial charge in [-0.1, -0.05) is 30.3 Å². The molecule has 0 spiro atoms. The maximum atomic E-state index is 10.8. The minimum Gasteiger partial charge on any atom is -0.384 e. The molecule has 1 aliphatic heterocycles. The van der Waals surface area contributed by atoms with Crippen molar-refractivity contribution in [3.05, 3.63) is 53.9 Å². The topological polar surface area (TPSA) is 53.3 Å². The monoisotopic (exact) mass is 342 g/mol. The zero-order valence-corrected chi connectivity index (χ0v) is 15.7. The summed E-state index contributed by atoms with van der Waals surface area (Å²) in [5.74, 6) is 0. The highest BCUT2D eigenvalue weighted by Crippen LogP contribution is 2.31. The maximum absolute atomic E-state index is 10.8. The van der Waals surface area contributed by atoms with E-state index in [4.69, 9.17) is 0 Å². The van der Waals surface area contributed by atoms with Crippen molar-refractivity contribution in [3.63, 3.8) is 0 Å². The van der Waals surface area contributed by atoms with E-state index in [-0.39, 0.29) is 5.54 Å². The van der Waals surface area contributed by atoms with Crippen molar-refractivity contribution in [3.8, 4) is 0 Å². The fraction of sp³-hybridized carbons (Fsp3) is 0.550. The summed E-state index contributed by atoms with van der Waals surface area (Å²) >= 11 is 0. The molecule has 1 aromatic carbocycles. The highest BCUT2D eigenvalue weighted by atomic mass is 16.3. The molecule has 5 heteroatoms. The molecule has 0 aliphatic carbocycles. The van der Waals surface area contributed by atoms with Crippen LogP contribution in [0.4, 0.5) is 0 Å². The van der Waals surface area contributed by atoms with Crippen LogP contribution in [0.25, 0.3) is 0 Å². The fourth-order valence-electron chi connectivity index (χ4n) is 3.67. The van der Waals surface area contributed by atoms with Crippen LogP contribution in [0.15, 0.2) is 42.7 Å². The molecule has 2 aromatic rings. The van der Waals surface area contributed by atoms with Crippen LogP contribution in [-0.4, -0.2) is 44.5 Å². The van der Waals surface area contributed by atoms with E-state index in [2.05, 4.69) is 59.5 Å². The zero-order chi connectivity index (χ0) is 18.1. The lowest BCUT2D eigenvalue weighted by molar-refractivity contribution is 0.0539. The van der Waals surface area contributed by atoms with Gasteiger partial charge in [-0.2, -0.15) is 5.10 Å². The predicted molar refractivity (Wildman–Crippen MR) is 100 cm³/mol. The molecule has 3 rings (SSSR count). The van der Waals surface area contributed by atoms with Gasteiger partial charge in [-0.05, 0) is 32.8 Å². The second-order valence-corrected chi connectivity index (χ2v) is 8.14. The van der Waals surface area contributed by atoms with E-state index in [1.54, 1.807) is 10.9 Å². The first kappa shape index (κ1) is 18.1. The minimum absolute atomic E-state index is 0.146. The summed E-state index contributed by atoms with van der Waals surface area (Å²) in [6, 6.07) is 11.0. The molecule has 5 nitrogen and oxygen atoms in total. The summed E-state index contributed by atoms with van der Waals surface area (Å²) < 4.78 is 1.73. The van der Waals surface area contributed by atoms with Gasteiger partial charge in [0.25, 0.3) is 0 Å². The largest absolute Gasteiger partial charge is 0.384 e. The smallest absolute Gasteiger partial charge is 0.102 e. The number of aromatic nitrogens is 2. The first-order valence-corrected chi connectivity index (χ1v) is 9.00. The van der Waals surface area contributed by atoms with Crippen LogP contribution in [0.5, 0.6) is 0 Å². The highest BCUT2D eigenvalue weighted by molar-refractivity contribution is 5.16. The molecule has 2 heterocycles. The molecule has 0 amide bonds. The molecule has 0 radical (unpaired) electrons. The number of hydrogen-bond acceptors (Lipinski definition) is 4. The van der Waals surface area contributed by atoms with Crippen LogP contribution >= 0.6 is 0 Å². The van der Waals surface area contributed by atoms with Crippen molar-refractivity contribution in [1.29, 1.82) is 0 Å². The van der Waals surface area contributed by atoms with E-state index in [1.165, 1.54) is 5.56 Å². The van der Waals surface area contributed by atoms with Gasteiger partial charge in [0.05, 0.1) is 6.20 Å². The average molecular weight is 342 g/mol. The Kier molecular flexibility index (Phi) is 5.00. The lowest BCUT2D eigenvalue weighted by Crippen LogP contribution is -2.41. The van der Waals surface area contributed by atoms with E-state index in [9.17, 15) is 5.11 Å². The van der Waals surface area contributed by atoms with Gasteiger partial charge in [0, 0.05) is 50.0 Å². The van der Waals surface area contributed by atoms with Gasteiger partial charge < -0.3 is 10.4 Å². The molecule has 25 heavy (non-hydrogen) atoms. The predicted octanol–water partition coefficient (Wildman–Crippen LogP) is 2.27. The van der Waals surface area contributed by atoms with Crippen LogP contribution in [0.3, 0.4) is 0 Å². The number of nitrogens with one attached hydrogen (secondary N) is 1. The summed E-state index contributed by atoms with van der Waals surface area (Å²) in [7, 11) is 1.87.